The van der Waals surface area contributed by atoms with Crippen LogP contribution in [-0.4, -0.2) is 23.7 Å². The van der Waals surface area contributed by atoms with Crippen LogP contribution in [0.15, 0.2) is 30.3 Å². The van der Waals surface area contributed by atoms with E-state index in [0.717, 1.165) is 19.4 Å². The van der Waals surface area contributed by atoms with E-state index in [4.69, 9.17) is 5.11 Å². The molecule has 1 saturated heterocycles. The lowest BCUT2D eigenvalue weighted by Crippen LogP contribution is -2.29. The predicted octanol–water partition coefficient (Wildman–Crippen LogP) is 1.82. The minimum absolute atomic E-state index is 0.269. The number of nitrogens with one attached hydrogen (secondary N) is 1. The first-order valence-electron chi connectivity index (χ1n) is 5.18. The van der Waals surface area contributed by atoms with Gasteiger partial charge in [0.15, 0.2) is 0 Å². The summed E-state index contributed by atoms with van der Waals surface area (Å²) in [6.45, 7) is 2.94. The fourth-order valence-corrected chi connectivity index (χ4v) is 1.43. The van der Waals surface area contributed by atoms with Gasteiger partial charge in [-0.1, -0.05) is 35.9 Å². The van der Waals surface area contributed by atoms with Crippen LogP contribution in [-0.2, 0) is 4.79 Å². The molecule has 3 nitrogen and oxygen atoms in total. The lowest BCUT2D eigenvalue weighted by molar-refractivity contribution is -0.139. The zero-order chi connectivity index (χ0) is 11.1. The van der Waals surface area contributed by atoms with E-state index in [1.807, 2.05) is 18.2 Å². The Bertz CT molecular complexity index is 292. The number of benzene rings is 1. The molecule has 1 unspecified atom stereocenters. The van der Waals surface area contributed by atoms with E-state index in [1.54, 1.807) is 0 Å². The molecule has 1 fully saturated rings. The van der Waals surface area contributed by atoms with Crippen LogP contribution in [0.1, 0.15) is 18.4 Å². The highest BCUT2D eigenvalue weighted by molar-refractivity contribution is 5.73. The van der Waals surface area contributed by atoms with Crippen LogP contribution in [0.25, 0.3) is 0 Å². The first-order chi connectivity index (χ1) is 7.20. The second-order valence-corrected chi connectivity index (χ2v) is 3.64. The van der Waals surface area contributed by atoms with Crippen molar-refractivity contribution in [2.75, 3.05) is 6.54 Å². The van der Waals surface area contributed by atoms with E-state index in [1.165, 1.54) is 5.56 Å². The molecule has 2 rings (SSSR count). The number of aryl methyl sites for hydroxylation is 1. The average Bonchev–Trinajstić information content (AvgIpc) is 2.72. The third kappa shape index (κ3) is 4.61. The predicted molar refractivity (Wildman–Crippen MR) is 59.8 cm³/mol. The highest BCUT2D eigenvalue weighted by Gasteiger charge is 2.20. The summed E-state index contributed by atoms with van der Waals surface area (Å²) >= 11 is 0. The first-order valence-corrected chi connectivity index (χ1v) is 5.18. The summed E-state index contributed by atoms with van der Waals surface area (Å²) < 4.78 is 0. The Labute approximate surface area is 90.1 Å². The minimum atomic E-state index is -0.720. The number of hydrogen-bond donors (Lipinski definition) is 2. The van der Waals surface area contributed by atoms with Gasteiger partial charge in [-0.15, -0.1) is 0 Å². The molecule has 1 atom stereocenters. The Hall–Kier alpha value is -1.35. The SMILES string of the molecule is Cc1ccccc1.O=C(O)C1CCCN1. The smallest absolute Gasteiger partial charge is 0.320 e. The molecule has 1 heterocycles. The largest absolute Gasteiger partial charge is 0.480 e. The van der Waals surface area contributed by atoms with Gasteiger partial charge in [0, 0.05) is 0 Å². The van der Waals surface area contributed by atoms with Crippen molar-refractivity contribution in [3.63, 3.8) is 0 Å². The van der Waals surface area contributed by atoms with Gasteiger partial charge in [0.25, 0.3) is 0 Å². The highest BCUT2D eigenvalue weighted by atomic mass is 16.4. The van der Waals surface area contributed by atoms with E-state index in [-0.39, 0.29) is 6.04 Å². The van der Waals surface area contributed by atoms with Crippen molar-refractivity contribution in [3.8, 4) is 0 Å². The van der Waals surface area contributed by atoms with Gasteiger partial charge in [0.2, 0.25) is 0 Å². The van der Waals surface area contributed by atoms with Gasteiger partial charge in [0.1, 0.15) is 6.04 Å². The van der Waals surface area contributed by atoms with Crippen LogP contribution in [0.4, 0.5) is 0 Å². The molecule has 2 N–H and O–H groups in total. The maximum atomic E-state index is 10.1. The summed E-state index contributed by atoms with van der Waals surface area (Å²) in [4.78, 5) is 10.1. The summed E-state index contributed by atoms with van der Waals surface area (Å²) in [7, 11) is 0. The summed E-state index contributed by atoms with van der Waals surface area (Å²) in [5.74, 6) is -0.720. The van der Waals surface area contributed by atoms with Gasteiger partial charge in [-0.05, 0) is 26.3 Å². The topological polar surface area (TPSA) is 49.3 Å². The molecule has 1 aromatic rings. The third-order valence-electron chi connectivity index (χ3n) is 2.30. The van der Waals surface area contributed by atoms with E-state index in [2.05, 4.69) is 24.4 Å². The van der Waals surface area contributed by atoms with E-state index in [0.29, 0.717) is 0 Å². The number of carboxylic acids is 1. The molecular weight excluding hydrogens is 190 g/mol. The lowest BCUT2D eigenvalue weighted by atomic mass is 10.2. The molecule has 0 amide bonds. The Morgan fingerprint density at radius 2 is 2.07 bits per heavy atom. The molecule has 1 aliphatic heterocycles. The summed E-state index contributed by atoms with van der Waals surface area (Å²) in [6, 6.07) is 9.99. The van der Waals surface area contributed by atoms with Crippen LogP contribution in [0, 0.1) is 6.92 Å². The zero-order valence-corrected chi connectivity index (χ0v) is 8.94. The van der Waals surface area contributed by atoms with Crippen LogP contribution in [0.5, 0.6) is 0 Å². The van der Waals surface area contributed by atoms with E-state index >= 15 is 0 Å². The normalized spacial score (nSPS) is 19.1. The molecule has 0 radical (unpaired) electrons. The Morgan fingerprint density at radius 1 is 1.40 bits per heavy atom. The maximum absolute atomic E-state index is 10.1. The van der Waals surface area contributed by atoms with Crippen molar-refractivity contribution in [1.29, 1.82) is 0 Å². The first kappa shape index (κ1) is 11.7. The highest BCUT2D eigenvalue weighted by Crippen LogP contribution is 2.03. The summed E-state index contributed by atoms with van der Waals surface area (Å²) in [6.07, 6.45) is 1.78. The van der Waals surface area contributed by atoms with Gasteiger partial charge in [0.05, 0.1) is 0 Å². The molecule has 1 aromatic carbocycles. The van der Waals surface area contributed by atoms with Gasteiger partial charge >= 0.3 is 5.97 Å². The molecule has 0 saturated carbocycles. The molecule has 0 spiro atoms. The summed E-state index contributed by atoms with van der Waals surface area (Å²) in [5, 5.41) is 11.2. The number of aliphatic carboxylic acids is 1. The van der Waals surface area contributed by atoms with E-state index < -0.39 is 5.97 Å². The molecular formula is C12H17NO2. The number of hydrogen-bond acceptors (Lipinski definition) is 2. The molecule has 15 heavy (non-hydrogen) atoms. The standard InChI is InChI=1S/C7H8.C5H9NO2/c1-7-5-3-2-4-6-7;7-5(8)4-2-1-3-6-4/h2-6H,1H3;4,6H,1-3H2,(H,7,8). The van der Waals surface area contributed by atoms with Crippen molar-refractivity contribution in [2.24, 2.45) is 0 Å². The number of carboxylic acid groups (broad SMARTS) is 1. The van der Waals surface area contributed by atoms with Crippen LogP contribution in [0.2, 0.25) is 0 Å². The molecule has 0 aromatic heterocycles. The monoisotopic (exact) mass is 207 g/mol. The molecule has 1 aliphatic rings. The molecule has 0 bridgehead atoms. The van der Waals surface area contributed by atoms with Crippen LogP contribution >= 0.6 is 0 Å². The number of carbonyl (C=O) groups is 1. The second kappa shape index (κ2) is 6.19. The van der Waals surface area contributed by atoms with Crippen molar-refractivity contribution < 1.29 is 9.90 Å². The van der Waals surface area contributed by atoms with Gasteiger partial charge in [-0.3, -0.25) is 4.79 Å². The summed E-state index contributed by atoms with van der Waals surface area (Å²) in [5.41, 5.74) is 1.32. The van der Waals surface area contributed by atoms with Crippen molar-refractivity contribution in [2.45, 2.75) is 25.8 Å². The molecule has 82 valence electrons. The molecule has 3 heteroatoms. The van der Waals surface area contributed by atoms with Gasteiger partial charge in [-0.25, -0.2) is 0 Å². The fourth-order valence-electron chi connectivity index (χ4n) is 1.43. The van der Waals surface area contributed by atoms with Crippen LogP contribution < -0.4 is 5.32 Å². The Morgan fingerprint density at radius 3 is 2.33 bits per heavy atom. The van der Waals surface area contributed by atoms with Crippen molar-refractivity contribution in [1.82, 2.24) is 5.32 Å². The van der Waals surface area contributed by atoms with Crippen molar-refractivity contribution >= 4 is 5.97 Å². The van der Waals surface area contributed by atoms with Gasteiger partial charge < -0.3 is 10.4 Å². The van der Waals surface area contributed by atoms with E-state index in [9.17, 15) is 4.79 Å². The minimum Gasteiger partial charge on any atom is -0.480 e. The Balaban J connectivity index is 0.000000151. The lowest BCUT2D eigenvalue weighted by Gasteiger charge is -1.99. The fraction of sp³-hybridized carbons (Fsp3) is 0.417. The second-order valence-electron chi connectivity index (χ2n) is 3.64. The van der Waals surface area contributed by atoms with Crippen molar-refractivity contribution in [3.05, 3.63) is 35.9 Å². The quantitative estimate of drug-likeness (QED) is 0.738. The number of rotatable bonds is 1. The Kier molecular flexibility index (Phi) is 4.84. The maximum Gasteiger partial charge on any atom is 0.320 e. The third-order valence-corrected chi connectivity index (χ3v) is 2.30. The average molecular weight is 207 g/mol. The van der Waals surface area contributed by atoms with Gasteiger partial charge in [-0.2, -0.15) is 0 Å². The van der Waals surface area contributed by atoms with Crippen LogP contribution in [0.3, 0.4) is 0 Å². The zero-order valence-electron chi connectivity index (χ0n) is 8.94. The molecule has 0 aliphatic carbocycles.